The van der Waals surface area contributed by atoms with Crippen molar-refractivity contribution in [2.24, 2.45) is 0 Å². The molecule has 0 atom stereocenters. The van der Waals surface area contributed by atoms with Crippen molar-refractivity contribution in [3.8, 4) is 28.5 Å². The van der Waals surface area contributed by atoms with Crippen molar-refractivity contribution in [3.63, 3.8) is 0 Å². The molecule has 0 fully saturated rings. The van der Waals surface area contributed by atoms with Gasteiger partial charge in [0.1, 0.15) is 0 Å². The van der Waals surface area contributed by atoms with Gasteiger partial charge in [-0.1, -0.05) is 54.6 Å². The number of rotatable bonds is 7. The number of H-pyrrole nitrogens is 1. The smallest absolute Gasteiger partial charge is 1.00 e. The van der Waals surface area contributed by atoms with Crippen LogP contribution in [-0.4, -0.2) is 85.6 Å². The van der Waals surface area contributed by atoms with Crippen LogP contribution >= 0.6 is 0 Å². The number of nitrogens with one attached hydrogen (secondary N) is 1. The number of fused-ring (bicyclic) bond motifs is 1. The predicted molar refractivity (Wildman–Crippen MR) is 130 cm³/mol. The summed E-state index contributed by atoms with van der Waals surface area (Å²) in [6.45, 7) is 2.72. The van der Waals surface area contributed by atoms with Crippen molar-refractivity contribution < 1.29 is 17.5 Å². The first kappa shape index (κ1) is 23.9. The molecule has 168 valence electrons. The van der Waals surface area contributed by atoms with Crippen molar-refractivity contribution in [1.82, 2.24) is 30.2 Å². The van der Waals surface area contributed by atoms with E-state index in [1.807, 2.05) is 60.0 Å². The fourth-order valence-electron chi connectivity index (χ4n) is 3.90. The number of hydrogen-bond donors (Lipinski definition) is 2. The van der Waals surface area contributed by atoms with E-state index >= 15 is 0 Å². The largest absolute Gasteiger partial charge is 2.00 e. The van der Waals surface area contributed by atoms with Gasteiger partial charge in [0, 0.05) is 5.56 Å². The maximum Gasteiger partial charge on any atom is 2.00 e. The van der Waals surface area contributed by atoms with E-state index in [9.17, 15) is 9.90 Å². The average molecular weight is 483 g/mol. The molecule has 5 rings (SSSR count). The number of aromatic nitrogens is 6. The zero-order valence-electron chi connectivity index (χ0n) is 20.5. The molecule has 0 unspecified atom stereocenters. The summed E-state index contributed by atoms with van der Waals surface area (Å²) in [6, 6.07) is 21.4. The molecule has 5 aromatic rings. The molecule has 0 saturated heterocycles. The fraction of sp³-hybridized carbons (Fsp3) is 0.125. The van der Waals surface area contributed by atoms with Crippen LogP contribution in [0.2, 0.25) is 0 Å². The van der Waals surface area contributed by atoms with E-state index in [0.717, 1.165) is 22.3 Å². The standard InChI is InChI=1S/C24H20N6O3.Ca.2H/c1-2-33-24-25-20-9-5-8-19(23(31)32)21(20)30(24)14-15-10-12-16(13-11-15)17-6-3-4-7-18(17)22-26-28-29-27-22;;;/h3-13H,2,14H2,1H3,(H,31,32)(H,26,27,28,29);;;/q;+2;2*-1. The van der Waals surface area contributed by atoms with E-state index in [0.29, 0.717) is 36.0 Å². The summed E-state index contributed by atoms with van der Waals surface area (Å²) in [4.78, 5) is 16.3. The first-order valence-electron chi connectivity index (χ1n) is 10.4. The number of benzene rings is 3. The number of aromatic amines is 1. The minimum Gasteiger partial charge on any atom is -1.00 e. The summed E-state index contributed by atoms with van der Waals surface area (Å²) in [5.74, 6) is -0.472. The number of hydrogen-bond acceptors (Lipinski definition) is 6. The van der Waals surface area contributed by atoms with Gasteiger partial charge in [0.05, 0.1) is 29.7 Å². The second kappa shape index (κ2) is 10.3. The zero-order chi connectivity index (χ0) is 22.8. The van der Waals surface area contributed by atoms with Crippen molar-refractivity contribution in [1.29, 1.82) is 0 Å². The average Bonchev–Trinajstić information content (AvgIpc) is 3.49. The fourth-order valence-corrected chi connectivity index (χ4v) is 3.90. The maximum absolute atomic E-state index is 11.8. The molecule has 0 aliphatic carbocycles. The van der Waals surface area contributed by atoms with Crippen LogP contribution in [0.1, 0.15) is 25.7 Å². The Bertz CT molecular complexity index is 1440. The van der Waals surface area contributed by atoms with Crippen molar-refractivity contribution in [3.05, 3.63) is 77.9 Å². The first-order valence-corrected chi connectivity index (χ1v) is 10.4. The Morgan fingerprint density at radius 2 is 1.82 bits per heavy atom. The molecule has 2 aromatic heterocycles. The van der Waals surface area contributed by atoms with Gasteiger partial charge in [0.2, 0.25) is 5.82 Å². The number of nitrogens with zero attached hydrogens (tertiary/aromatic N) is 5. The van der Waals surface area contributed by atoms with Crippen molar-refractivity contribution in [2.45, 2.75) is 13.5 Å². The Morgan fingerprint density at radius 3 is 2.50 bits per heavy atom. The molecule has 0 spiro atoms. The number of carboxylic acid groups (broad SMARTS) is 1. The second-order valence-electron chi connectivity index (χ2n) is 7.37. The van der Waals surface area contributed by atoms with E-state index in [1.54, 1.807) is 18.2 Å². The monoisotopic (exact) mass is 482 g/mol. The van der Waals surface area contributed by atoms with E-state index in [-0.39, 0.29) is 46.2 Å². The molecule has 0 aliphatic heterocycles. The number of aromatic carboxylic acids is 1. The van der Waals surface area contributed by atoms with Gasteiger partial charge in [-0.05, 0) is 41.0 Å². The Hall–Kier alpha value is -3.27. The van der Waals surface area contributed by atoms with Gasteiger partial charge in [-0.2, -0.15) is 10.2 Å². The van der Waals surface area contributed by atoms with Gasteiger partial charge < -0.3 is 12.7 Å². The Kier molecular flexibility index (Phi) is 7.26. The van der Waals surface area contributed by atoms with Gasteiger partial charge in [-0.3, -0.25) is 4.57 Å². The van der Waals surface area contributed by atoms with E-state index in [2.05, 4.69) is 25.6 Å². The number of tetrazole rings is 1. The molecule has 3 aromatic carbocycles. The third-order valence-electron chi connectivity index (χ3n) is 5.35. The van der Waals surface area contributed by atoms with Crippen molar-refractivity contribution >= 4 is 54.7 Å². The quantitative estimate of drug-likeness (QED) is 0.338. The molecule has 0 aliphatic rings. The SMILES string of the molecule is CCOc1nc2cccc(C(=O)O)c2n1Cc1ccc(-c2ccccc2-c2nn[nH]n2)cc1.[Ca+2].[H-].[H-]. The molecule has 34 heavy (non-hydrogen) atoms. The van der Waals surface area contributed by atoms with E-state index < -0.39 is 5.97 Å². The molecule has 9 nitrogen and oxygen atoms in total. The van der Waals surface area contributed by atoms with Crippen LogP contribution in [0.25, 0.3) is 33.5 Å². The van der Waals surface area contributed by atoms with Crippen LogP contribution in [0.15, 0.2) is 66.7 Å². The summed E-state index contributed by atoms with van der Waals surface area (Å²) in [5.41, 5.74) is 5.17. The van der Waals surface area contributed by atoms with Crippen LogP contribution in [0.5, 0.6) is 6.01 Å². The number of carboxylic acids is 1. The number of para-hydroxylation sites is 1. The van der Waals surface area contributed by atoms with Crippen LogP contribution in [0.3, 0.4) is 0 Å². The van der Waals surface area contributed by atoms with Crippen LogP contribution in [0.4, 0.5) is 0 Å². The summed E-state index contributed by atoms with van der Waals surface area (Å²) in [7, 11) is 0. The topological polar surface area (TPSA) is 119 Å². The Labute approximate surface area is 227 Å². The first-order chi connectivity index (χ1) is 16.2. The molecule has 0 saturated carbocycles. The molecule has 2 heterocycles. The second-order valence-corrected chi connectivity index (χ2v) is 7.37. The maximum atomic E-state index is 11.8. The molecule has 0 radical (unpaired) electrons. The van der Waals surface area contributed by atoms with Crippen LogP contribution in [-0.2, 0) is 6.54 Å². The number of ether oxygens (including phenoxy) is 1. The summed E-state index contributed by atoms with van der Waals surface area (Å²) < 4.78 is 7.53. The number of imidazole rings is 1. The molecule has 0 bridgehead atoms. The van der Waals surface area contributed by atoms with Crippen LogP contribution in [0, 0.1) is 0 Å². The minimum absolute atomic E-state index is 0. The molecular weight excluding hydrogens is 460 g/mol. The molecule has 10 heteroatoms. The van der Waals surface area contributed by atoms with E-state index in [1.165, 1.54) is 0 Å². The third kappa shape index (κ3) is 4.54. The zero-order valence-corrected chi connectivity index (χ0v) is 20.7. The normalized spacial score (nSPS) is 10.7. The van der Waals surface area contributed by atoms with E-state index in [4.69, 9.17) is 4.74 Å². The van der Waals surface area contributed by atoms with Gasteiger partial charge in [-0.15, -0.1) is 10.2 Å². The van der Waals surface area contributed by atoms with Gasteiger partial charge in [0.25, 0.3) is 6.01 Å². The summed E-state index contributed by atoms with van der Waals surface area (Å²) in [6.07, 6.45) is 0. The van der Waals surface area contributed by atoms with Crippen LogP contribution < -0.4 is 4.74 Å². The molecule has 0 amide bonds. The Morgan fingerprint density at radius 1 is 1.06 bits per heavy atom. The summed E-state index contributed by atoms with van der Waals surface area (Å²) >= 11 is 0. The number of carbonyl (C=O) groups is 1. The Balaban J connectivity index is 0.00000152. The minimum atomic E-state index is -1.00. The van der Waals surface area contributed by atoms with Gasteiger partial charge in [-0.25, -0.2) is 4.79 Å². The van der Waals surface area contributed by atoms with Gasteiger partial charge >= 0.3 is 43.7 Å². The molecular formula is C24H22CaN6O3. The summed E-state index contributed by atoms with van der Waals surface area (Å²) in [5, 5.41) is 24.0. The third-order valence-corrected chi connectivity index (χ3v) is 5.35. The molecule has 2 N–H and O–H groups in total. The van der Waals surface area contributed by atoms with Gasteiger partial charge in [0.15, 0.2) is 0 Å². The predicted octanol–water partition coefficient (Wildman–Crippen LogP) is 3.87. The van der Waals surface area contributed by atoms with Crippen molar-refractivity contribution in [2.75, 3.05) is 6.61 Å².